The van der Waals surface area contributed by atoms with E-state index < -0.39 is 11.9 Å². The van der Waals surface area contributed by atoms with Gasteiger partial charge in [0.1, 0.15) is 0 Å². The molecule has 2 amide bonds. The van der Waals surface area contributed by atoms with Crippen LogP contribution in [0.25, 0.3) is 10.9 Å². The zero-order valence-corrected chi connectivity index (χ0v) is 22.9. The van der Waals surface area contributed by atoms with Gasteiger partial charge in [-0.3, -0.25) is 19.5 Å². The van der Waals surface area contributed by atoms with Gasteiger partial charge in [-0.1, -0.05) is 44.9 Å². The molecule has 3 heterocycles. The number of nitrogens with zero attached hydrogens (tertiary/aromatic N) is 3. The first-order valence-electron chi connectivity index (χ1n) is 13.5. The first kappa shape index (κ1) is 30.3. The van der Waals surface area contributed by atoms with Crippen molar-refractivity contribution in [3.05, 3.63) is 59.7 Å². The number of carbonyl (C=O) groups is 4. The predicted molar refractivity (Wildman–Crippen MR) is 149 cm³/mol. The molecule has 0 radical (unpaired) electrons. The number of carboxylic acids is 2. The van der Waals surface area contributed by atoms with Crippen molar-refractivity contribution in [3.8, 4) is 0 Å². The van der Waals surface area contributed by atoms with E-state index in [1.165, 1.54) is 6.26 Å². The van der Waals surface area contributed by atoms with Crippen LogP contribution in [0.1, 0.15) is 54.9 Å². The molecular weight excluding hydrogens is 516 g/mol. The van der Waals surface area contributed by atoms with Crippen LogP contribution in [-0.2, 0) is 27.2 Å². The lowest BCUT2D eigenvalue weighted by Gasteiger charge is -2.33. The van der Waals surface area contributed by atoms with Crippen LogP contribution in [-0.4, -0.2) is 81.5 Å². The second-order valence-corrected chi connectivity index (χ2v) is 9.49. The van der Waals surface area contributed by atoms with Crippen LogP contribution in [0.15, 0.2) is 47.1 Å². The number of pyridine rings is 1. The Morgan fingerprint density at radius 1 is 0.925 bits per heavy atom. The van der Waals surface area contributed by atoms with E-state index in [1.807, 2.05) is 24.3 Å². The van der Waals surface area contributed by atoms with Gasteiger partial charge in [0.15, 0.2) is 5.76 Å². The van der Waals surface area contributed by atoms with Gasteiger partial charge in [-0.25, -0.2) is 9.59 Å². The van der Waals surface area contributed by atoms with Crippen molar-refractivity contribution < 1.29 is 33.8 Å². The quantitative estimate of drug-likeness (QED) is 0.337. The molecule has 1 fully saturated rings. The summed E-state index contributed by atoms with van der Waals surface area (Å²) in [5, 5.41) is 19.0. The summed E-state index contributed by atoms with van der Waals surface area (Å²) in [6, 6.07) is 11.5. The number of nitrogens with one attached hydrogen (secondary N) is 1. The monoisotopic (exact) mass is 552 g/mol. The van der Waals surface area contributed by atoms with Crippen LogP contribution in [0, 0.1) is 0 Å². The number of aryl methyl sites for hydroxylation is 1. The molecule has 1 saturated heterocycles. The van der Waals surface area contributed by atoms with Gasteiger partial charge < -0.3 is 24.8 Å². The number of aliphatic carboxylic acids is 2. The SMILES string of the molecule is CCCCc1nc2ccccc2c(NC(=O)CN2CCN(C(=O)c3ccco3)CC2)c1CCC.O=C(O)C(=O)O. The molecule has 2 aromatic heterocycles. The van der Waals surface area contributed by atoms with E-state index >= 15 is 0 Å². The Bertz CT molecular complexity index is 1300. The van der Waals surface area contributed by atoms with Crippen molar-refractivity contribution in [2.24, 2.45) is 0 Å². The van der Waals surface area contributed by atoms with Crippen LogP contribution in [0.3, 0.4) is 0 Å². The molecule has 3 N–H and O–H groups in total. The topological polar surface area (TPSA) is 153 Å². The van der Waals surface area contributed by atoms with Crippen LogP contribution >= 0.6 is 0 Å². The fourth-order valence-corrected chi connectivity index (χ4v) is 4.56. The number of hydrogen-bond acceptors (Lipinski definition) is 7. The smallest absolute Gasteiger partial charge is 0.414 e. The Morgan fingerprint density at radius 3 is 2.23 bits per heavy atom. The Hall–Kier alpha value is -4.25. The highest BCUT2D eigenvalue weighted by Crippen LogP contribution is 2.30. The summed E-state index contributed by atoms with van der Waals surface area (Å²) in [4.78, 5) is 52.7. The second kappa shape index (κ2) is 14.8. The molecule has 0 bridgehead atoms. The van der Waals surface area contributed by atoms with E-state index in [0.717, 1.165) is 60.0 Å². The highest BCUT2D eigenvalue weighted by molar-refractivity contribution is 6.27. The maximum atomic E-state index is 13.1. The molecule has 214 valence electrons. The molecule has 0 aliphatic carbocycles. The van der Waals surface area contributed by atoms with Crippen molar-refractivity contribution in [2.45, 2.75) is 46.0 Å². The number of carboxylic acid groups (broad SMARTS) is 2. The van der Waals surface area contributed by atoms with Crippen molar-refractivity contribution in [3.63, 3.8) is 0 Å². The lowest BCUT2D eigenvalue weighted by Crippen LogP contribution is -2.50. The number of amides is 2. The number of piperazine rings is 1. The number of carbonyl (C=O) groups excluding carboxylic acids is 2. The zero-order valence-electron chi connectivity index (χ0n) is 22.9. The first-order valence-corrected chi connectivity index (χ1v) is 13.5. The molecule has 0 saturated carbocycles. The summed E-state index contributed by atoms with van der Waals surface area (Å²) < 4.78 is 5.23. The minimum atomic E-state index is -1.82. The average molecular weight is 553 g/mol. The molecule has 0 atom stereocenters. The average Bonchev–Trinajstić information content (AvgIpc) is 3.49. The van der Waals surface area contributed by atoms with Gasteiger partial charge in [0, 0.05) is 37.3 Å². The molecule has 1 aliphatic heterocycles. The number of para-hydroxylation sites is 1. The fourth-order valence-electron chi connectivity index (χ4n) is 4.56. The summed E-state index contributed by atoms with van der Waals surface area (Å²) in [6.45, 7) is 7.11. The Morgan fingerprint density at radius 2 is 1.62 bits per heavy atom. The summed E-state index contributed by atoms with van der Waals surface area (Å²) in [6.07, 6.45) is 6.50. The van der Waals surface area contributed by atoms with E-state index in [2.05, 4.69) is 24.1 Å². The summed E-state index contributed by atoms with van der Waals surface area (Å²) in [7, 11) is 0. The first-order chi connectivity index (χ1) is 19.2. The van der Waals surface area contributed by atoms with E-state index in [-0.39, 0.29) is 11.8 Å². The van der Waals surface area contributed by atoms with Gasteiger partial charge in [-0.05, 0) is 43.0 Å². The number of aromatic nitrogens is 1. The van der Waals surface area contributed by atoms with Gasteiger partial charge in [0.25, 0.3) is 5.91 Å². The zero-order chi connectivity index (χ0) is 29.1. The van der Waals surface area contributed by atoms with Crippen LogP contribution in [0.2, 0.25) is 0 Å². The minimum Gasteiger partial charge on any atom is -0.473 e. The molecule has 11 nitrogen and oxygen atoms in total. The fraction of sp³-hybridized carbons (Fsp3) is 0.414. The summed E-state index contributed by atoms with van der Waals surface area (Å²) in [5.74, 6) is -3.41. The molecule has 0 spiro atoms. The second-order valence-electron chi connectivity index (χ2n) is 9.49. The predicted octanol–water partition coefficient (Wildman–Crippen LogP) is 3.68. The minimum absolute atomic E-state index is 0.0269. The number of furan rings is 1. The normalized spacial score (nSPS) is 13.4. The van der Waals surface area contributed by atoms with Crippen molar-refractivity contribution in [2.75, 3.05) is 38.0 Å². The molecule has 40 heavy (non-hydrogen) atoms. The molecule has 4 rings (SSSR count). The maximum Gasteiger partial charge on any atom is 0.414 e. The number of rotatable bonds is 9. The Kier molecular flexibility index (Phi) is 11.2. The van der Waals surface area contributed by atoms with E-state index in [9.17, 15) is 9.59 Å². The molecule has 3 aromatic rings. The van der Waals surface area contributed by atoms with Gasteiger partial charge >= 0.3 is 11.9 Å². The summed E-state index contributed by atoms with van der Waals surface area (Å²) >= 11 is 0. The van der Waals surface area contributed by atoms with E-state index in [0.29, 0.717) is 38.5 Å². The summed E-state index contributed by atoms with van der Waals surface area (Å²) in [5.41, 5.74) is 4.10. The molecule has 0 unspecified atom stereocenters. The molecule has 1 aliphatic rings. The number of hydrogen-bond donors (Lipinski definition) is 3. The van der Waals surface area contributed by atoms with Gasteiger partial charge in [0.2, 0.25) is 5.91 Å². The van der Waals surface area contributed by atoms with E-state index in [4.69, 9.17) is 29.2 Å². The van der Waals surface area contributed by atoms with Crippen LogP contribution in [0.5, 0.6) is 0 Å². The lowest BCUT2D eigenvalue weighted by molar-refractivity contribution is -0.159. The van der Waals surface area contributed by atoms with Gasteiger partial charge in [-0.2, -0.15) is 0 Å². The van der Waals surface area contributed by atoms with Crippen molar-refractivity contribution >= 4 is 40.3 Å². The third kappa shape index (κ3) is 8.12. The number of fused-ring (bicyclic) bond motifs is 1. The number of unbranched alkanes of at least 4 members (excludes halogenated alkanes) is 1. The van der Waals surface area contributed by atoms with Crippen molar-refractivity contribution in [1.82, 2.24) is 14.8 Å². The van der Waals surface area contributed by atoms with Gasteiger partial charge in [0.05, 0.1) is 24.0 Å². The number of benzene rings is 1. The van der Waals surface area contributed by atoms with Crippen molar-refractivity contribution in [1.29, 1.82) is 0 Å². The standard InChI is InChI=1S/C27H34N4O3.C2H2O4/c1-3-5-11-22-20(9-4-2)26(21-10-6-7-12-23(21)28-22)29-25(32)19-30-14-16-31(17-15-30)27(33)24-13-8-18-34-24;3-1(4)2(5)6/h6-8,10,12-13,18H,3-5,9,11,14-17,19H2,1-2H3,(H,28,29,32);(H,3,4)(H,5,6). The lowest BCUT2D eigenvalue weighted by atomic mass is 9.98. The molecule has 11 heteroatoms. The Balaban J connectivity index is 0.000000663. The largest absolute Gasteiger partial charge is 0.473 e. The van der Waals surface area contributed by atoms with E-state index in [1.54, 1.807) is 17.0 Å². The van der Waals surface area contributed by atoms with Crippen LogP contribution < -0.4 is 5.32 Å². The number of anilines is 1. The highest BCUT2D eigenvalue weighted by atomic mass is 16.4. The van der Waals surface area contributed by atoms with Gasteiger partial charge in [-0.15, -0.1) is 0 Å². The van der Waals surface area contributed by atoms with Crippen LogP contribution in [0.4, 0.5) is 5.69 Å². The Labute approximate surface area is 232 Å². The molecular formula is C29H36N4O7. The highest BCUT2D eigenvalue weighted by Gasteiger charge is 2.25. The third-order valence-electron chi connectivity index (χ3n) is 6.55. The molecule has 1 aromatic carbocycles. The third-order valence-corrected chi connectivity index (χ3v) is 6.55. The maximum absolute atomic E-state index is 13.1.